The van der Waals surface area contributed by atoms with Crippen molar-refractivity contribution in [2.75, 3.05) is 26.6 Å². The lowest BCUT2D eigenvalue weighted by molar-refractivity contribution is 0.314. The number of hydrogen-bond acceptors (Lipinski definition) is 6. The summed E-state index contributed by atoms with van der Waals surface area (Å²) in [5, 5.41) is 3.37. The molecular formula is C23H24N2O5S. The van der Waals surface area contributed by atoms with Crippen LogP contribution in [0.25, 0.3) is 0 Å². The topological polar surface area (TPSA) is 77.1 Å². The molecule has 0 amide bonds. The third kappa shape index (κ3) is 3.80. The maximum atomic E-state index is 13.6. The standard InChI is InChI=1S/C23H24N2O5S/c1-28-19-13-17(14-20(29-2)22(19)30-3)23-24-18-11-7-8-12-21(18)31(26,27)25(23)15-16-9-5-4-6-10-16/h4-14,23-24H,15H2,1-3H3. The molecule has 0 aromatic heterocycles. The number of sulfonamides is 1. The van der Waals surface area contributed by atoms with Crippen molar-refractivity contribution in [3.8, 4) is 17.2 Å². The molecule has 0 aliphatic carbocycles. The predicted molar refractivity (Wildman–Crippen MR) is 118 cm³/mol. The molecule has 0 saturated carbocycles. The van der Waals surface area contributed by atoms with Crippen molar-refractivity contribution in [3.63, 3.8) is 0 Å². The molecule has 1 unspecified atom stereocenters. The summed E-state index contributed by atoms with van der Waals surface area (Å²) >= 11 is 0. The quantitative estimate of drug-likeness (QED) is 0.624. The largest absolute Gasteiger partial charge is 0.493 e. The fraction of sp³-hybridized carbons (Fsp3) is 0.217. The highest BCUT2D eigenvalue weighted by Crippen LogP contribution is 2.44. The number of ether oxygens (including phenoxy) is 3. The SMILES string of the molecule is COc1cc(C2Nc3ccccc3S(=O)(=O)N2Cc2ccccc2)cc(OC)c1OC. The molecule has 0 radical (unpaired) electrons. The van der Waals surface area contributed by atoms with Gasteiger partial charge in [0.25, 0.3) is 0 Å². The van der Waals surface area contributed by atoms with E-state index in [1.54, 1.807) is 36.4 Å². The number of hydrogen-bond donors (Lipinski definition) is 1. The molecule has 0 saturated heterocycles. The smallest absolute Gasteiger partial charge is 0.247 e. The van der Waals surface area contributed by atoms with Crippen LogP contribution in [0, 0.1) is 0 Å². The summed E-state index contributed by atoms with van der Waals surface area (Å²) in [6, 6.07) is 19.9. The maximum absolute atomic E-state index is 13.6. The van der Waals surface area contributed by atoms with Gasteiger partial charge in [-0.2, -0.15) is 4.31 Å². The van der Waals surface area contributed by atoms with Gasteiger partial charge < -0.3 is 19.5 Å². The van der Waals surface area contributed by atoms with Crippen LogP contribution in [0.4, 0.5) is 5.69 Å². The van der Waals surface area contributed by atoms with Gasteiger partial charge in [-0.15, -0.1) is 0 Å². The molecule has 1 atom stereocenters. The molecule has 162 valence electrons. The second-order valence-corrected chi connectivity index (χ2v) is 8.90. The monoisotopic (exact) mass is 440 g/mol. The molecule has 0 bridgehead atoms. The van der Waals surface area contributed by atoms with Crippen molar-refractivity contribution in [2.24, 2.45) is 0 Å². The highest BCUT2D eigenvalue weighted by Gasteiger charge is 2.39. The number of para-hydroxylation sites is 1. The molecule has 1 aliphatic heterocycles. The zero-order valence-electron chi connectivity index (χ0n) is 17.5. The fourth-order valence-electron chi connectivity index (χ4n) is 3.74. The average molecular weight is 441 g/mol. The van der Waals surface area contributed by atoms with Gasteiger partial charge in [0.2, 0.25) is 15.8 Å². The van der Waals surface area contributed by atoms with Crippen LogP contribution >= 0.6 is 0 Å². The summed E-state index contributed by atoms with van der Waals surface area (Å²) in [6.07, 6.45) is -0.672. The zero-order chi connectivity index (χ0) is 22.0. The highest BCUT2D eigenvalue weighted by atomic mass is 32.2. The molecule has 1 aliphatic rings. The number of nitrogens with one attached hydrogen (secondary N) is 1. The van der Waals surface area contributed by atoms with E-state index in [2.05, 4.69) is 5.32 Å². The normalized spacial score (nSPS) is 17.3. The Hall–Kier alpha value is -3.23. The molecule has 1 heterocycles. The van der Waals surface area contributed by atoms with E-state index in [0.29, 0.717) is 28.5 Å². The van der Waals surface area contributed by atoms with Crippen molar-refractivity contribution in [3.05, 3.63) is 77.9 Å². The van der Waals surface area contributed by atoms with Crippen LogP contribution in [0.1, 0.15) is 17.3 Å². The predicted octanol–water partition coefficient (Wildman–Crippen LogP) is 4.03. The van der Waals surface area contributed by atoms with Gasteiger partial charge in [-0.05, 0) is 35.4 Å². The maximum Gasteiger partial charge on any atom is 0.247 e. The van der Waals surface area contributed by atoms with Crippen LogP contribution in [0.2, 0.25) is 0 Å². The van der Waals surface area contributed by atoms with E-state index in [1.165, 1.54) is 25.6 Å². The van der Waals surface area contributed by atoms with E-state index in [-0.39, 0.29) is 11.4 Å². The summed E-state index contributed by atoms with van der Waals surface area (Å²) in [5.74, 6) is 1.35. The van der Waals surface area contributed by atoms with E-state index in [0.717, 1.165) is 5.56 Å². The Kier molecular flexibility index (Phi) is 5.75. The molecule has 3 aromatic carbocycles. The lowest BCUT2D eigenvalue weighted by Gasteiger charge is -2.37. The van der Waals surface area contributed by atoms with E-state index in [1.807, 2.05) is 30.3 Å². The van der Waals surface area contributed by atoms with Crippen LogP contribution in [0.3, 0.4) is 0 Å². The first kappa shape index (κ1) is 21.0. The summed E-state index contributed by atoms with van der Waals surface area (Å²) in [5.41, 5.74) is 2.10. The molecule has 7 nitrogen and oxygen atoms in total. The van der Waals surface area contributed by atoms with Crippen LogP contribution in [-0.4, -0.2) is 34.1 Å². The number of rotatable bonds is 6. The number of anilines is 1. The first-order valence-corrected chi connectivity index (χ1v) is 11.1. The molecule has 8 heteroatoms. The minimum atomic E-state index is -3.78. The van der Waals surface area contributed by atoms with Crippen LogP contribution < -0.4 is 19.5 Å². The lowest BCUT2D eigenvalue weighted by atomic mass is 10.1. The second-order valence-electron chi connectivity index (χ2n) is 7.04. The molecule has 0 spiro atoms. The summed E-state index contributed by atoms with van der Waals surface area (Å²) in [7, 11) is 0.816. The summed E-state index contributed by atoms with van der Waals surface area (Å²) in [6.45, 7) is 0.200. The van der Waals surface area contributed by atoms with E-state index in [4.69, 9.17) is 14.2 Å². The number of nitrogens with zero attached hydrogens (tertiary/aromatic N) is 1. The number of methoxy groups -OCH3 is 3. The van der Waals surface area contributed by atoms with Crippen LogP contribution in [0.5, 0.6) is 17.2 Å². The Balaban J connectivity index is 1.88. The van der Waals surface area contributed by atoms with Crippen molar-refractivity contribution < 1.29 is 22.6 Å². The van der Waals surface area contributed by atoms with Crippen LogP contribution in [0.15, 0.2) is 71.6 Å². The molecular weight excluding hydrogens is 416 g/mol. The zero-order valence-corrected chi connectivity index (χ0v) is 18.3. The number of fused-ring (bicyclic) bond motifs is 1. The molecule has 1 N–H and O–H groups in total. The third-order valence-electron chi connectivity index (χ3n) is 5.24. The van der Waals surface area contributed by atoms with Crippen LogP contribution in [-0.2, 0) is 16.6 Å². The Morgan fingerprint density at radius 1 is 0.871 bits per heavy atom. The summed E-state index contributed by atoms with van der Waals surface area (Å²) in [4.78, 5) is 0.245. The van der Waals surface area contributed by atoms with Crippen molar-refractivity contribution in [2.45, 2.75) is 17.6 Å². The van der Waals surface area contributed by atoms with Crippen molar-refractivity contribution >= 4 is 15.7 Å². The van der Waals surface area contributed by atoms with Gasteiger partial charge in [0.05, 0.1) is 27.0 Å². The fourth-order valence-corrected chi connectivity index (χ4v) is 5.42. The van der Waals surface area contributed by atoms with E-state index in [9.17, 15) is 8.42 Å². The van der Waals surface area contributed by atoms with E-state index < -0.39 is 16.2 Å². The van der Waals surface area contributed by atoms with Gasteiger partial charge in [-0.1, -0.05) is 42.5 Å². The molecule has 31 heavy (non-hydrogen) atoms. The Labute approximate surface area is 182 Å². The average Bonchev–Trinajstić information content (AvgIpc) is 2.80. The Bertz CT molecular complexity index is 1160. The highest BCUT2D eigenvalue weighted by molar-refractivity contribution is 7.89. The third-order valence-corrected chi connectivity index (χ3v) is 7.11. The van der Waals surface area contributed by atoms with Crippen molar-refractivity contribution in [1.29, 1.82) is 0 Å². The first-order chi connectivity index (χ1) is 15.0. The Morgan fingerprint density at radius 3 is 2.10 bits per heavy atom. The van der Waals surface area contributed by atoms with Crippen molar-refractivity contribution in [1.82, 2.24) is 4.31 Å². The summed E-state index contributed by atoms with van der Waals surface area (Å²) < 4.78 is 45.1. The molecule has 4 rings (SSSR count). The van der Waals surface area contributed by atoms with Gasteiger partial charge in [0.1, 0.15) is 11.1 Å². The minimum absolute atomic E-state index is 0.200. The van der Waals surface area contributed by atoms with Gasteiger partial charge >= 0.3 is 0 Å². The lowest BCUT2D eigenvalue weighted by Crippen LogP contribution is -2.42. The molecule has 0 fully saturated rings. The van der Waals surface area contributed by atoms with Gasteiger partial charge in [0, 0.05) is 6.54 Å². The van der Waals surface area contributed by atoms with Gasteiger partial charge in [-0.3, -0.25) is 0 Å². The second kappa shape index (κ2) is 8.49. The van der Waals surface area contributed by atoms with Gasteiger partial charge in [0.15, 0.2) is 11.5 Å². The molecule has 3 aromatic rings. The Morgan fingerprint density at radius 2 is 1.48 bits per heavy atom. The first-order valence-electron chi connectivity index (χ1n) is 9.71. The minimum Gasteiger partial charge on any atom is -0.493 e. The number of benzene rings is 3. The van der Waals surface area contributed by atoms with Gasteiger partial charge in [-0.25, -0.2) is 8.42 Å². The van der Waals surface area contributed by atoms with E-state index >= 15 is 0 Å².